The Hall–Kier alpha value is -1.52. The first-order valence-electron chi connectivity index (χ1n) is 5.50. The van der Waals surface area contributed by atoms with E-state index < -0.39 is 0 Å². The van der Waals surface area contributed by atoms with Gasteiger partial charge in [-0.05, 0) is 42.2 Å². The second kappa shape index (κ2) is 5.89. The standard InChI is InChI=1S/C14H14N2S2/c1-18-11-7-8-13(16-14(15)17)12(9-11)10-5-3-2-4-6-10/h2-9H,1H3,(H3,15,16,17). The Balaban J connectivity index is 2.51. The van der Waals surface area contributed by atoms with E-state index in [9.17, 15) is 0 Å². The van der Waals surface area contributed by atoms with Crippen LogP contribution >= 0.6 is 24.0 Å². The molecule has 92 valence electrons. The molecule has 2 rings (SSSR count). The van der Waals surface area contributed by atoms with Crippen LogP contribution in [0.1, 0.15) is 0 Å². The Morgan fingerprint density at radius 2 is 1.89 bits per heavy atom. The first-order chi connectivity index (χ1) is 8.70. The van der Waals surface area contributed by atoms with E-state index >= 15 is 0 Å². The van der Waals surface area contributed by atoms with Crippen LogP contribution in [0.4, 0.5) is 5.69 Å². The summed E-state index contributed by atoms with van der Waals surface area (Å²) in [6, 6.07) is 16.4. The SMILES string of the molecule is CSc1ccc(NC(N)=S)c(-c2ccccc2)c1. The Labute approximate surface area is 117 Å². The van der Waals surface area contributed by atoms with Gasteiger partial charge in [-0.15, -0.1) is 11.8 Å². The lowest BCUT2D eigenvalue weighted by Gasteiger charge is -2.12. The number of rotatable bonds is 3. The van der Waals surface area contributed by atoms with Crippen molar-refractivity contribution in [3.05, 3.63) is 48.5 Å². The van der Waals surface area contributed by atoms with Gasteiger partial charge in [0.25, 0.3) is 0 Å². The highest BCUT2D eigenvalue weighted by Gasteiger charge is 2.06. The van der Waals surface area contributed by atoms with Gasteiger partial charge < -0.3 is 11.1 Å². The summed E-state index contributed by atoms with van der Waals surface area (Å²) in [5.41, 5.74) is 8.75. The molecule has 0 radical (unpaired) electrons. The predicted molar refractivity (Wildman–Crippen MR) is 84.1 cm³/mol. The van der Waals surface area contributed by atoms with Gasteiger partial charge in [-0.2, -0.15) is 0 Å². The molecular formula is C14H14N2S2. The number of nitrogens with two attached hydrogens (primary N) is 1. The maximum absolute atomic E-state index is 5.56. The highest BCUT2D eigenvalue weighted by Crippen LogP contribution is 2.31. The number of benzene rings is 2. The van der Waals surface area contributed by atoms with Crippen molar-refractivity contribution in [2.24, 2.45) is 5.73 Å². The van der Waals surface area contributed by atoms with E-state index in [2.05, 4.69) is 35.8 Å². The average molecular weight is 274 g/mol. The molecule has 0 atom stereocenters. The first kappa shape index (κ1) is 12.9. The molecule has 2 aromatic rings. The molecule has 0 saturated carbocycles. The van der Waals surface area contributed by atoms with Crippen LogP contribution in [0.5, 0.6) is 0 Å². The molecule has 0 fully saturated rings. The zero-order chi connectivity index (χ0) is 13.0. The minimum atomic E-state index is 0.282. The predicted octanol–water partition coefficient (Wildman–Crippen LogP) is 3.73. The molecule has 0 amide bonds. The third-order valence-electron chi connectivity index (χ3n) is 2.57. The molecule has 2 nitrogen and oxygen atoms in total. The van der Waals surface area contributed by atoms with Crippen LogP contribution in [0.2, 0.25) is 0 Å². The fourth-order valence-corrected chi connectivity index (χ4v) is 2.30. The lowest BCUT2D eigenvalue weighted by Crippen LogP contribution is -2.19. The van der Waals surface area contributed by atoms with E-state index in [0.29, 0.717) is 0 Å². The van der Waals surface area contributed by atoms with Crippen LogP contribution in [0, 0.1) is 0 Å². The summed E-state index contributed by atoms with van der Waals surface area (Å²) in [4.78, 5) is 1.21. The van der Waals surface area contributed by atoms with Gasteiger partial charge in [0.2, 0.25) is 0 Å². The minimum Gasteiger partial charge on any atom is -0.376 e. The highest BCUT2D eigenvalue weighted by molar-refractivity contribution is 7.98. The van der Waals surface area contributed by atoms with Crippen molar-refractivity contribution >= 4 is 34.8 Å². The Morgan fingerprint density at radius 1 is 1.17 bits per heavy atom. The maximum atomic E-state index is 5.56. The van der Waals surface area contributed by atoms with Gasteiger partial charge in [-0.1, -0.05) is 30.3 Å². The van der Waals surface area contributed by atoms with E-state index in [0.717, 1.165) is 16.8 Å². The Bertz CT molecular complexity index is 553. The molecule has 0 aliphatic rings. The van der Waals surface area contributed by atoms with Crippen LogP contribution in [-0.2, 0) is 0 Å². The van der Waals surface area contributed by atoms with Crippen LogP contribution in [0.25, 0.3) is 11.1 Å². The van der Waals surface area contributed by atoms with E-state index in [1.54, 1.807) is 11.8 Å². The molecule has 0 spiro atoms. The van der Waals surface area contributed by atoms with Crippen molar-refractivity contribution < 1.29 is 0 Å². The molecule has 18 heavy (non-hydrogen) atoms. The number of hydrogen-bond acceptors (Lipinski definition) is 2. The molecule has 0 saturated heterocycles. The van der Waals surface area contributed by atoms with Crippen LogP contribution < -0.4 is 11.1 Å². The number of anilines is 1. The second-order valence-corrected chi connectivity index (χ2v) is 5.09. The van der Waals surface area contributed by atoms with Crippen molar-refractivity contribution in [1.82, 2.24) is 0 Å². The van der Waals surface area contributed by atoms with Gasteiger partial charge in [0.1, 0.15) is 0 Å². The van der Waals surface area contributed by atoms with E-state index in [-0.39, 0.29) is 5.11 Å². The van der Waals surface area contributed by atoms with Gasteiger partial charge in [-0.3, -0.25) is 0 Å². The zero-order valence-corrected chi connectivity index (χ0v) is 11.6. The van der Waals surface area contributed by atoms with Crippen LogP contribution in [0.15, 0.2) is 53.4 Å². The molecule has 0 aromatic heterocycles. The quantitative estimate of drug-likeness (QED) is 0.660. The zero-order valence-electron chi connectivity index (χ0n) is 10.0. The molecule has 0 heterocycles. The van der Waals surface area contributed by atoms with Gasteiger partial charge >= 0.3 is 0 Å². The maximum Gasteiger partial charge on any atom is 0.168 e. The number of thioether (sulfide) groups is 1. The van der Waals surface area contributed by atoms with Gasteiger partial charge in [0, 0.05) is 16.1 Å². The topological polar surface area (TPSA) is 38.0 Å². The molecule has 0 aliphatic heterocycles. The average Bonchev–Trinajstić information content (AvgIpc) is 2.39. The molecule has 0 aliphatic carbocycles. The first-order valence-corrected chi connectivity index (χ1v) is 7.14. The Kier molecular flexibility index (Phi) is 4.23. The third-order valence-corrected chi connectivity index (χ3v) is 3.40. The van der Waals surface area contributed by atoms with E-state index in [1.165, 1.54) is 4.90 Å². The normalized spacial score (nSPS) is 10.1. The van der Waals surface area contributed by atoms with Crippen LogP contribution in [-0.4, -0.2) is 11.4 Å². The molecule has 3 N–H and O–H groups in total. The van der Waals surface area contributed by atoms with Crippen molar-refractivity contribution in [1.29, 1.82) is 0 Å². The molecular weight excluding hydrogens is 260 g/mol. The van der Waals surface area contributed by atoms with Gasteiger partial charge in [-0.25, -0.2) is 0 Å². The van der Waals surface area contributed by atoms with Crippen molar-refractivity contribution in [2.75, 3.05) is 11.6 Å². The number of hydrogen-bond donors (Lipinski definition) is 2. The van der Waals surface area contributed by atoms with Gasteiger partial charge in [0.05, 0.1) is 0 Å². The molecule has 2 aromatic carbocycles. The molecule has 4 heteroatoms. The molecule has 0 bridgehead atoms. The largest absolute Gasteiger partial charge is 0.376 e. The number of nitrogens with one attached hydrogen (secondary N) is 1. The van der Waals surface area contributed by atoms with Crippen molar-refractivity contribution in [3.63, 3.8) is 0 Å². The third kappa shape index (κ3) is 3.03. The highest BCUT2D eigenvalue weighted by atomic mass is 32.2. The van der Waals surface area contributed by atoms with Crippen molar-refractivity contribution in [3.8, 4) is 11.1 Å². The molecule has 0 unspecified atom stereocenters. The smallest absolute Gasteiger partial charge is 0.168 e. The second-order valence-electron chi connectivity index (χ2n) is 3.77. The fourth-order valence-electron chi connectivity index (χ4n) is 1.75. The monoisotopic (exact) mass is 274 g/mol. The summed E-state index contributed by atoms with van der Waals surface area (Å²) in [6.07, 6.45) is 2.06. The van der Waals surface area contributed by atoms with Crippen molar-refractivity contribution in [2.45, 2.75) is 4.90 Å². The summed E-state index contributed by atoms with van der Waals surface area (Å²) in [7, 11) is 0. The lowest BCUT2D eigenvalue weighted by molar-refractivity contribution is 1.45. The summed E-state index contributed by atoms with van der Waals surface area (Å²) in [5, 5.41) is 3.30. The fraction of sp³-hybridized carbons (Fsp3) is 0.0714. The minimum absolute atomic E-state index is 0.282. The lowest BCUT2D eigenvalue weighted by atomic mass is 10.0. The summed E-state index contributed by atoms with van der Waals surface area (Å²) in [5.74, 6) is 0. The van der Waals surface area contributed by atoms with Crippen LogP contribution in [0.3, 0.4) is 0 Å². The Morgan fingerprint density at radius 3 is 2.50 bits per heavy atom. The summed E-state index contributed by atoms with van der Waals surface area (Å²) in [6.45, 7) is 0. The summed E-state index contributed by atoms with van der Waals surface area (Å²) >= 11 is 6.62. The van der Waals surface area contributed by atoms with E-state index in [4.69, 9.17) is 18.0 Å². The van der Waals surface area contributed by atoms with E-state index in [1.807, 2.05) is 24.3 Å². The number of thiocarbonyl (C=S) groups is 1. The summed E-state index contributed by atoms with van der Waals surface area (Å²) < 4.78 is 0. The van der Waals surface area contributed by atoms with Gasteiger partial charge in [0.15, 0.2) is 5.11 Å².